The van der Waals surface area contributed by atoms with Gasteiger partial charge in [0.15, 0.2) is 0 Å². The summed E-state index contributed by atoms with van der Waals surface area (Å²) in [5.74, 6) is -2.03. The van der Waals surface area contributed by atoms with E-state index in [1.165, 1.54) is 0 Å². The molecule has 0 saturated carbocycles. The number of para-hydroxylation sites is 1. The molecule has 0 amide bonds. The summed E-state index contributed by atoms with van der Waals surface area (Å²) in [6, 6.07) is 7.22. The van der Waals surface area contributed by atoms with Crippen LogP contribution in [0.3, 0.4) is 0 Å². The molecular formula is C21H21NO7S. The SMILES string of the molecule is CCOC(=O)c1sc(N)c(C(=O)OCC)c1COC(=O)c1oc2ccccc2c1C. The molecule has 2 N–H and O–H groups in total. The normalized spacial score (nSPS) is 10.8. The minimum atomic E-state index is -0.724. The lowest BCUT2D eigenvalue weighted by Gasteiger charge is -2.08. The number of benzene rings is 1. The van der Waals surface area contributed by atoms with Crippen molar-refractivity contribution < 1.29 is 33.0 Å². The number of thiophene rings is 1. The molecule has 0 bridgehead atoms. The highest BCUT2D eigenvalue weighted by Crippen LogP contribution is 2.34. The summed E-state index contributed by atoms with van der Waals surface area (Å²) in [6.45, 7) is 4.95. The summed E-state index contributed by atoms with van der Waals surface area (Å²) in [5, 5.41) is 0.881. The minimum Gasteiger partial charge on any atom is -0.462 e. The lowest BCUT2D eigenvalue weighted by Crippen LogP contribution is -2.14. The van der Waals surface area contributed by atoms with Crippen LogP contribution in [0.25, 0.3) is 11.0 Å². The third kappa shape index (κ3) is 4.02. The van der Waals surface area contributed by atoms with Crippen molar-refractivity contribution in [3.63, 3.8) is 0 Å². The van der Waals surface area contributed by atoms with Crippen molar-refractivity contribution in [2.75, 3.05) is 18.9 Å². The molecule has 0 aliphatic carbocycles. The largest absolute Gasteiger partial charge is 0.462 e. The number of ether oxygens (including phenoxy) is 3. The summed E-state index contributed by atoms with van der Waals surface area (Å²) in [7, 11) is 0. The first kappa shape index (κ1) is 21.4. The van der Waals surface area contributed by atoms with Crippen LogP contribution in [0.1, 0.15) is 55.6 Å². The Morgan fingerprint density at radius 2 is 1.67 bits per heavy atom. The molecule has 8 nitrogen and oxygen atoms in total. The van der Waals surface area contributed by atoms with Crippen molar-refractivity contribution in [1.29, 1.82) is 0 Å². The molecule has 0 aliphatic heterocycles. The molecule has 2 aromatic heterocycles. The maximum atomic E-state index is 12.7. The van der Waals surface area contributed by atoms with E-state index in [9.17, 15) is 14.4 Å². The number of anilines is 1. The van der Waals surface area contributed by atoms with Gasteiger partial charge in [0.2, 0.25) is 5.76 Å². The van der Waals surface area contributed by atoms with E-state index >= 15 is 0 Å². The highest BCUT2D eigenvalue weighted by Gasteiger charge is 2.29. The van der Waals surface area contributed by atoms with Crippen molar-refractivity contribution in [2.24, 2.45) is 0 Å². The lowest BCUT2D eigenvalue weighted by atomic mass is 10.1. The first-order valence-electron chi connectivity index (χ1n) is 9.29. The van der Waals surface area contributed by atoms with Crippen LogP contribution in [0.2, 0.25) is 0 Å². The molecule has 3 aromatic rings. The van der Waals surface area contributed by atoms with Gasteiger partial charge in [0, 0.05) is 16.5 Å². The predicted molar refractivity (Wildman–Crippen MR) is 111 cm³/mol. The fourth-order valence-corrected chi connectivity index (χ4v) is 3.94. The molecule has 0 aliphatic rings. The number of rotatable bonds is 7. The Bertz CT molecular complexity index is 1110. The first-order chi connectivity index (χ1) is 14.4. The van der Waals surface area contributed by atoms with Crippen LogP contribution < -0.4 is 5.73 Å². The van der Waals surface area contributed by atoms with Crippen molar-refractivity contribution >= 4 is 45.2 Å². The molecule has 30 heavy (non-hydrogen) atoms. The number of hydrogen-bond donors (Lipinski definition) is 1. The number of fused-ring (bicyclic) bond motifs is 1. The molecule has 0 atom stereocenters. The van der Waals surface area contributed by atoms with Crippen molar-refractivity contribution in [1.82, 2.24) is 0 Å². The second-order valence-corrected chi connectivity index (χ2v) is 7.27. The Morgan fingerprint density at radius 3 is 2.33 bits per heavy atom. The molecular weight excluding hydrogens is 410 g/mol. The van der Waals surface area contributed by atoms with Crippen LogP contribution in [0.15, 0.2) is 28.7 Å². The molecule has 1 aromatic carbocycles. The van der Waals surface area contributed by atoms with Gasteiger partial charge in [-0.3, -0.25) is 0 Å². The second kappa shape index (κ2) is 9.00. The molecule has 0 saturated heterocycles. The number of hydrogen-bond acceptors (Lipinski definition) is 9. The number of carbonyl (C=O) groups excluding carboxylic acids is 3. The van der Waals surface area contributed by atoms with Crippen molar-refractivity contribution in [3.8, 4) is 0 Å². The Kier molecular flexibility index (Phi) is 6.41. The van der Waals surface area contributed by atoms with E-state index in [-0.39, 0.29) is 46.6 Å². The first-order valence-corrected chi connectivity index (χ1v) is 10.1. The van der Waals surface area contributed by atoms with Gasteiger partial charge in [0.05, 0.1) is 13.2 Å². The fourth-order valence-electron chi connectivity index (χ4n) is 2.98. The molecule has 0 spiro atoms. The Labute approximate surface area is 176 Å². The van der Waals surface area contributed by atoms with Crippen LogP contribution in [-0.4, -0.2) is 31.1 Å². The summed E-state index contributed by atoms with van der Waals surface area (Å²) in [5.41, 5.74) is 7.29. The summed E-state index contributed by atoms with van der Waals surface area (Å²) >= 11 is 0.885. The van der Waals surface area contributed by atoms with Gasteiger partial charge in [-0.2, -0.15) is 0 Å². The Morgan fingerprint density at radius 1 is 1.00 bits per heavy atom. The van der Waals surface area contributed by atoms with Gasteiger partial charge in [-0.05, 0) is 26.8 Å². The standard InChI is InChI=1S/C21H21NO7S/c1-4-26-19(23)15-13(17(30-18(15)22)21(25)27-5-2)10-28-20(24)16-11(3)12-8-6-7-9-14(12)29-16/h6-9H,4-5,10,22H2,1-3H3. The van der Waals surface area contributed by atoms with Gasteiger partial charge in [-0.1, -0.05) is 18.2 Å². The number of nitrogens with two attached hydrogens (primary N) is 1. The van der Waals surface area contributed by atoms with Gasteiger partial charge in [-0.25, -0.2) is 14.4 Å². The van der Waals surface area contributed by atoms with Crippen LogP contribution in [-0.2, 0) is 20.8 Å². The van der Waals surface area contributed by atoms with Gasteiger partial charge in [0.1, 0.15) is 27.6 Å². The monoisotopic (exact) mass is 431 g/mol. The van der Waals surface area contributed by atoms with E-state index in [1.54, 1.807) is 32.9 Å². The number of aryl methyl sites for hydroxylation is 1. The van der Waals surface area contributed by atoms with Gasteiger partial charge >= 0.3 is 17.9 Å². The average Bonchev–Trinajstić information content (AvgIpc) is 3.24. The molecule has 3 rings (SSSR count). The zero-order valence-electron chi connectivity index (χ0n) is 16.8. The zero-order valence-corrected chi connectivity index (χ0v) is 17.6. The topological polar surface area (TPSA) is 118 Å². The van der Waals surface area contributed by atoms with Crippen molar-refractivity contribution in [2.45, 2.75) is 27.4 Å². The Hall–Kier alpha value is -3.33. The second-order valence-electron chi connectivity index (χ2n) is 6.22. The number of furan rings is 1. The van der Waals surface area contributed by atoms with Gasteiger partial charge in [0.25, 0.3) is 0 Å². The van der Waals surface area contributed by atoms with Gasteiger partial charge in [-0.15, -0.1) is 11.3 Å². The summed E-state index contributed by atoms with van der Waals surface area (Å²) in [6.07, 6.45) is 0. The van der Waals surface area contributed by atoms with Crippen LogP contribution in [0, 0.1) is 6.92 Å². The quantitative estimate of drug-likeness (QED) is 0.439. The highest BCUT2D eigenvalue weighted by atomic mass is 32.1. The van der Waals surface area contributed by atoms with E-state index in [4.69, 9.17) is 24.4 Å². The van der Waals surface area contributed by atoms with E-state index in [2.05, 4.69) is 0 Å². The highest BCUT2D eigenvalue weighted by molar-refractivity contribution is 7.18. The number of esters is 3. The molecule has 0 radical (unpaired) electrons. The average molecular weight is 431 g/mol. The third-order valence-electron chi connectivity index (χ3n) is 4.35. The molecule has 2 heterocycles. The van der Waals surface area contributed by atoms with Crippen LogP contribution >= 0.6 is 11.3 Å². The third-order valence-corrected chi connectivity index (χ3v) is 5.39. The molecule has 9 heteroatoms. The number of carbonyl (C=O) groups is 3. The van der Waals surface area contributed by atoms with Crippen LogP contribution in [0.5, 0.6) is 0 Å². The minimum absolute atomic E-state index is 0.000897. The van der Waals surface area contributed by atoms with E-state index in [0.717, 1.165) is 16.7 Å². The van der Waals surface area contributed by atoms with Gasteiger partial charge < -0.3 is 24.4 Å². The molecule has 0 unspecified atom stereocenters. The smallest absolute Gasteiger partial charge is 0.374 e. The number of nitrogen functional groups attached to an aromatic ring is 1. The molecule has 0 fully saturated rings. The summed E-state index contributed by atoms with van der Waals surface area (Å²) in [4.78, 5) is 37.4. The predicted octanol–water partition coefficient (Wildman–Crippen LogP) is 4.10. The maximum Gasteiger partial charge on any atom is 0.374 e. The van der Waals surface area contributed by atoms with Crippen LogP contribution in [0.4, 0.5) is 5.00 Å². The Balaban J connectivity index is 1.92. The summed E-state index contributed by atoms with van der Waals surface area (Å²) < 4.78 is 21.0. The van der Waals surface area contributed by atoms with E-state index in [0.29, 0.717) is 11.1 Å². The zero-order chi connectivity index (χ0) is 21.8. The van der Waals surface area contributed by atoms with E-state index < -0.39 is 17.9 Å². The van der Waals surface area contributed by atoms with Crippen molar-refractivity contribution in [3.05, 3.63) is 51.6 Å². The molecule has 158 valence electrons. The van der Waals surface area contributed by atoms with E-state index in [1.807, 2.05) is 12.1 Å². The maximum absolute atomic E-state index is 12.7. The fraction of sp³-hybridized carbons (Fsp3) is 0.286. The lowest BCUT2D eigenvalue weighted by molar-refractivity contribution is 0.0411.